The Labute approximate surface area is 94.3 Å². The molecule has 0 aromatic heterocycles. The smallest absolute Gasteiger partial charge is 0.126 e. The highest BCUT2D eigenvalue weighted by Gasteiger charge is 2.13. The largest absolute Gasteiger partial charge is 0.207 e. The molecule has 1 unspecified atom stereocenters. The molecular formula is C12H15ClF2. The number of alkyl halides is 1. The van der Waals surface area contributed by atoms with Gasteiger partial charge in [-0.2, -0.15) is 0 Å². The van der Waals surface area contributed by atoms with Crippen LogP contribution in [0.2, 0.25) is 0 Å². The van der Waals surface area contributed by atoms with Gasteiger partial charge in [0.1, 0.15) is 11.6 Å². The van der Waals surface area contributed by atoms with Crippen LogP contribution in [-0.4, -0.2) is 5.88 Å². The molecule has 0 bridgehead atoms. The lowest BCUT2D eigenvalue weighted by atomic mass is 9.91. The summed E-state index contributed by atoms with van der Waals surface area (Å²) >= 11 is 5.80. The maximum absolute atomic E-state index is 12.9. The van der Waals surface area contributed by atoms with Crippen molar-refractivity contribution in [3.8, 4) is 0 Å². The van der Waals surface area contributed by atoms with Gasteiger partial charge in [-0.3, -0.25) is 0 Å². The molecule has 0 saturated carbocycles. The molecule has 0 heterocycles. The van der Waals surface area contributed by atoms with E-state index in [1.165, 1.54) is 12.1 Å². The summed E-state index contributed by atoms with van der Waals surface area (Å²) in [6, 6.07) is 3.62. The fourth-order valence-electron chi connectivity index (χ4n) is 1.50. The lowest BCUT2D eigenvalue weighted by Crippen LogP contribution is -2.13. The molecule has 0 spiro atoms. The first kappa shape index (κ1) is 12.4. The topological polar surface area (TPSA) is 0 Å². The summed E-state index contributed by atoms with van der Waals surface area (Å²) in [6.07, 6.45) is 0.621. The second kappa shape index (κ2) is 5.45. The molecule has 84 valence electrons. The molecule has 1 aromatic carbocycles. The average molecular weight is 233 g/mol. The summed E-state index contributed by atoms with van der Waals surface area (Å²) in [4.78, 5) is 0. The second-order valence-electron chi connectivity index (χ2n) is 4.14. The fraction of sp³-hybridized carbons (Fsp3) is 0.500. The van der Waals surface area contributed by atoms with Gasteiger partial charge < -0.3 is 0 Å². The summed E-state index contributed by atoms with van der Waals surface area (Å²) in [5.74, 6) is 0.126. The van der Waals surface area contributed by atoms with Crippen LogP contribution in [0.5, 0.6) is 0 Å². The predicted molar refractivity (Wildman–Crippen MR) is 59.1 cm³/mol. The molecule has 0 radical (unpaired) electrons. The first-order valence-corrected chi connectivity index (χ1v) is 5.57. The maximum atomic E-state index is 12.9. The van der Waals surface area contributed by atoms with Crippen LogP contribution in [0.4, 0.5) is 8.78 Å². The van der Waals surface area contributed by atoms with Gasteiger partial charge in [0.05, 0.1) is 0 Å². The van der Waals surface area contributed by atoms with E-state index in [0.29, 0.717) is 23.8 Å². The minimum Gasteiger partial charge on any atom is -0.207 e. The van der Waals surface area contributed by atoms with Crippen LogP contribution in [0.3, 0.4) is 0 Å². The van der Waals surface area contributed by atoms with Crippen LogP contribution < -0.4 is 0 Å². The van der Waals surface area contributed by atoms with Crippen LogP contribution in [-0.2, 0) is 6.42 Å². The molecule has 0 fully saturated rings. The average Bonchev–Trinajstić information content (AvgIpc) is 2.12. The minimum atomic E-state index is -0.526. The Balaban J connectivity index is 2.79. The number of hydrogen-bond acceptors (Lipinski definition) is 0. The van der Waals surface area contributed by atoms with Gasteiger partial charge >= 0.3 is 0 Å². The molecule has 0 aliphatic rings. The number of hydrogen-bond donors (Lipinski definition) is 0. The minimum absolute atomic E-state index is 0.257. The van der Waals surface area contributed by atoms with Crippen molar-refractivity contribution in [3.05, 3.63) is 35.4 Å². The summed E-state index contributed by atoms with van der Waals surface area (Å²) < 4.78 is 25.8. The highest BCUT2D eigenvalue weighted by atomic mass is 35.5. The Morgan fingerprint density at radius 1 is 1.13 bits per heavy atom. The van der Waals surface area contributed by atoms with Crippen LogP contribution in [0.25, 0.3) is 0 Å². The van der Waals surface area contributed by atoms with E-state index < -0.39 is 11.6 Å². The van der Waals surface area contributed by atoms with Gasteiger partial charge in [-0.1, -0.05) is 13.8 Å². The first-order valence-electron chi connectivity index (χ1n) is 5.04. The molecule has 3 heteroatoms. The molecule has 1 atom stereocenters. The van der Waals surface area contributed by atoms with Crippen molar-refractivity contribution in [3.63, 3.8) is 0 Å². The van der Waals surface area contributed by atoms with Gasteiger partial charge in [0.2, 0.25) is 0 Å². The zero-order valence-electron chi connectivity index (χ0n) is 8.93. The van der Waals surface area contributed by atoms with Gasteiger partial charge in [0.15, 0.2) is 0 Å². The third-order valence-corrected chi connectivity index (χ3v) is 2.96. The van der Waals surface area contributed by atoms with E-state index in [1.807, 2.05) is 0 Å². The van der Waals surface area contributed by atoms with E-state index in [4.69, 9.17) is 11.6 Å². The van der Waals surface area contributed by atoms with Gasteiger partial charge in [-0.25, -0.2) is 8.78 Å². The Morgan fingerprint density at radius 2 is 1.67 bits per heavy atom. The van der Waals surface area contributed by atoms with Gasteiger partial charge in [-0.05, 0) is 36.0 Å². The van der Waals surface area contributed by atoms with Gasteiger partial charge in [0, 0.05) is 11.9 Å². The van der Waals surface area contributed by atoms with E-state index in [2.05, 4.69) is 13.8 Å². The van der Waals surface area contributed by atoms with Gasteiger partial charge in [0.25, 0.3) is 0 Å². The third kappa shape index (κ3) is 3.78. The normalized spacial score (nSPS) is 13.2. The molecule has 0 nitrogen and oxygen atoms in total. The summed E-state index contributed by atoms with van der Waals surface area (Å²) in [5, 5.41) is 0. The molecule has 0 amide bonds. The summed E-state index contributed by atoms with van der Waals surface area (Å²) in [5.41, 5.74) is 0.673. The van der Waals surface area contributed by atoms with Gasteiger partial charge in [-0.15, -0.1) is 11.6 Å². The maximum Gasteiger partial charge on any atom is 0.126 e. The Bertz CT molecular complexity index is 303. The fourth-order valence-corrected chi connectivity index (χ4v) is 1.97. The van der Waals surface area contributed by atoms with Crippen molar-refractivity contribution in [1.29, 1.82) is 0 Å². The van der Waals surface area contributed by atoms with Crippen molar-refractivity contribution < 1.29 is 8.78 Å². The highest BCUT2D eigenvalue weighted by molar-refractivity contribution is 6.18. The van der Waals surface area contributed by atoms with Crippen molar-refractivity contribution >= 4 is 11.6 Å². The van der Waals surface area contributed by atoms with E-state index in [1.54, 1.807) is 0 Å². The van der Waals surface area contributed by atoms with Crippen LogP contribution in [0.15, 0.2) is 18.2 Å². The zero-order chi connectivity index (χ0) is 11.4. The van der Waals surface area contributed by atoms with Crippen LogP contribution >= 0.6 is 11.6 Å². The lowest BCUT2D eigenvalue weighted by Gasteiger charge is -2.17. The Morgan fingerprint density at radius 3 is 2.07 bits per heavy atom. The molecular weight excluding hydrogens is 218 g/mol. The van der Waals surface area contributed by atoms with Crippen molar-refractivity contribution in [2.24, 2.45) is 11.8 Å². The van der Waals surface area contributed by atoms with Crippen LogP contribution in [0, 0.1) is 23.5 Å². The lowest BCUT2D eigenvalue weighted by molar-refractivity contribution is 0.420. The Kier molecular flexibility index (Phi) is 4.52. The first-order chi connectivity index (χ1) is 7.02. The molecule has 0 aliphatic heterocycles. The van der Waals surface area contributed by atoms with Crippen LogP contribution in [0.1, 0.15) is 19.4 Å². The van der Waals surface area contributed by atoms with E-state index in [-0.39, 0.29) is 5.92 Å². The van der Waals surface area contributed by atoms with E-state index in [0.717, 1.165) is 6.07 Å². The van der Waals surface area contributed by atoms with E-state index in [9.17, 15) is 8.78 Å². The Hall–Kier alpha value is -0.630. The molecule has 0 saturated heterocycles. The van der Waals surface area contributed by atoms with E-state index >= 15 is 0 Å². The summed E-state index contributed by atoms with van der Waals surface area (Å²) in [6.45, 7) is 4.12. The number of rotatable bonds is 4. The molecule has 1 rings (SSSR count). The molecule has 0 N–H and O–H groups in total. The predicted octanol–water partition coefficient (Wildman–Crippen LogP) is 4.02. The van der Waals surface area contributed by atoms with Crippen molar-refractivity contribution in [2.45, 2.75) is 20.3 Å². The number of benzene rings is 1. The molecule has 1 aromatic rings. The number of halogens is 3. The van der Waals surface area contributed by atoms with Crippen molar-refractivity contribution in [2.75, 3.05) is 5.88 Å². The highest BCUT2D eigenvalue weighted by Crippen LogP contribution is 2.20. The van der Waals surface area contributed by atoms with Crippen molar-refractivity contribution in [1.82, 2.24) is 0 Å². The second-order valence-corrected chi connectivity index (χ2v) is 4.45. The molecule has 15 heavy (non-hydrogen) atoms. The third-order valence-electron chi connectivity index (χ3n) is 2.56. The monoisotopic (exact) mass is 232 g/mol. The summed E-state index contributed by atoms with van der Waals surface area (Å²) in [7, 11) is 0. The SMILES string of the molecule is CC(C)C(CCl)Cc1cc(F)cc(F)c1. The standard InChI is InChI=1S/C12H15ClF2/c1-8(2)10(7-13)3-9-4-11(14)6-12(15)5-9/h4-6,8,10H,3,7H2,1-2H3. The zero-order valence-corrected chi connectivity index (χ0v) is 9.69. The quantitative estimate of drug-likeness (QED) is 0.688. The molecule has 0 aliphatic carbocycles.